The van der Waals surface area contributed by atoms with E-state index >= 15 is 0 Å². The largest absolute Gasteiger partial charge is 0.504 e. The number of halogens is 1. The van der Waals surface area contributed by atoms with Crippen LogP contribution in [0.15, 0.2) is 41.5 Å². The third-order valence-corrected chi connectivity index (χ3v) is 3.87. The van der Waals surface area contributed by atoms with Gasteiger partial charge in [-0.15, -0.1) is 0 Å². The molecule has 0 fully saturated rings. The molecule has 1 heterocycles. The lowest BCUT2D eigenvalue weighted by Crippen LogP contribution is -1.94. The first-order valence-electron chi connectivity index (χ1n) is 6.47. The highest BCUT2D eigenvalue weighted by Gasteiger charge is 2.07. The number of nitrogens with one attached hydrogen (secondary N) is 2. The molecule has 0 aliphatic carbocycles. The highest BCUT2D eigenvalue weighted by atomic mass is 127. The zero-order valence-electron chi connectivity index (χ0n) is 11.7. The van der Waals surface area contributed by atoms with Crippen molar-refractivity contribution in [1.29, 1.82) is 0 Å². The molecule has 3 aromatic rings. The van der Waals surface area contributed by atoms with Crippen molar-refractivity contribution in [3.63, 3.8) is 0 Å². The number of aromatic nitrogens is 2. The number of para-hydroxylation sites is 2. The molecule has 3 rings (SSSR count). The van der Waals surface area contributed by atoms with Crippen molar-refractivity contribution >= 4 is 45.8 Å². The molecule has 112 valence electrons. The summed E-state index contributed by atoms with van der Waals surface area (Å²) in [6.07, 6.45) is 1.64. The van der Waals surface area contributed by atoms with E-state index in [1.807, 2.05) is 52.9 Å². The number of rotatable bonds is 4. The fraction of sp³-hybridized carbons (Fsp3) is 0.0667. The first-order chi connectivity index (χ1) is 10.7. The van der Waals surface area contributed by atoms with Gasteiger partial charge in [0.2, 0.25) is 5.95 Å². The summed E-state index contributed by atoms with van der Waals surface area (Å²) in [6.45, 7) is 0. The number of ether oxygens (including phenoxy) is 1. The Balaban J connectivity index is 1.78. The average molecular weight is 408 g/mol. The number of hydrogen-bond donors (Lipinski definition) is 3. The molecule has 2 aromatic carbocycles. The Morgan fingerprint density at radius 3 is 2.95 bits per heavy atom. The number of anilines is 1. The maximum absolute atomic E-state index is 9.80. The van der Waals surface area contributed by atoms with Gasteiger partial charge in [-0.25, -0.2) is 10.4 Å². The van der Waals surface area contributed by atoms with E-state index in [9.17, 15) is 5.11 Å². The lowest BCUT2D eigenvalue weighted by atomic mass is 10.2. The Kier molecular flexibility index (Phi) is 4.14. The molecule has 0 aliphatic rings. The van der Waals surface area contributed by atoms with Crippen molar-refractivity contribution in [2.75, 3.05) is 12.5 Å². The van der Waals surface area contributed by atoms with Gasteiger partial charge in [0, 0.05) is 0 Å². The van der Waals surface area contributed by atoms with Crippen LogP contribution in [0.4, 0.5) is 5.95 Å². The quantitative estimate of drug-likeness (QED) is 0.352. The molecule has 0 atom stereocenters. The minimum Gasteiger partial charge on any atom is -0.504 e. The second-order valence-electron chi connectivity index (χ2n) is 4.53. The van der Waals surface area contributed by atoms with Gasteiger partial charge in [-0.05, 0) is 52.4 Å². The molecule has 0 saturated heterocycles. The maximum atomic E-state index is 9.80. The number of nitrogens with zero attached hydrogens (tertiary/aromatic N) is 2. The van der Waals surface area contributed by atoms with E-state index in [1.165, 1.54) is 7.11 Å². The van der Waals surface area contributed by atoms with Crippen molar-refractivity contribution in [2.45, 2.75) is 0 Å². The molecule has 0 aliphatic heterocycles. The van der Waals surface area contributed by atoms with Crippen LogP contribution in [0.5, 0.6) is 11.5 Å². The van der Waals surface area contributed by atoms with Crippen molar-refractivity contribution in [1.82, 2.24) is 9.97 Å². The number of imidazole rings is 1. The van der Waals surface area contributed by atoms with Gasteiger partial charge in [0.25, 0.3) is 0 Å². The molecule has 0 saturated carbocycles. The van der Waals surface area contributed by atoms with Crippen LogP contribution in [0.25, 0.3) is 11.0 Å². The molecule has 6 nitrogen and oxygen atoms in total. The second kappa shape index (κ2) is 6.22. The Bertz CT molecular complexity index is 812. The molecule has 0 bridgehead atoms. The number of aromatic amines is 1. The van der Waals surface area contributed by atoms with Gasteiger partial charge in [-0.3, -0.25) is 0 Å². The van der Waals surface area contributed by atoms with Crippen LogP contribution in [0.2, 0.25) is 0 Å². The Morgan fingerprint density at radius 1 is 1.36 bits per heavy atom. The standard InChI is InChI=1S/C15H13IN4O2/c1-22-13-7-9(6-10(16)14(13)21)8-17-20-15-18-11-4-2-3-5-12(11)19-15/h2-8,21H,1H3,(H2,18,19,20). The molecule has 0 unspecified atom stereocenters. The fourth-order valence-corrected chi connectivity index (χ4v) is 2.62. The van der Waals surface area contributed by atoms with Crippen LogP contribution in [-0.2, 0) is 0 Å². The van der Waals surface area contributed by atoms with Crippen LogP contribution in [0, 0.1) is 3.57 Å². The van der Waals surface area contributed by atoms with E-state index in [4.69, 9.17) is 4.74 Å². The Hall–Kier alpha value is -2.29. The van der Waals surface area contributed by atoms with Crippen LogP contribution < -0.4 is 10.2 Å². The average Bonchev–Trinajstić information content (AvgIpc) is 2.93. The summed E-state index contributed by atoms with van der Waals surface area (Å²) in [5.41, 5.74) is 5.48. The molecular weight excluding hydrogens is 395 g/mol. The van der Waals surface area contributed by atoms with Gasteiger partial charge in [0.05, 0.1) is 27.9 Å². The third-order valence-electron chi connectivity index (χ3n) is 3.04. The Labute approximate surface area is 140 Å². The van der Waals surface area contributed by atoms with E-state index in [-0.39, 0.29) is 5.75 Å². The smallest absolute Gasteiger partial charge is 0.222 e. The maximum Gasteiger partial charge on any atom is 0.222 e. The van der Waals surface area contributed by atoms with Crippen molar-refractivity contribution < 1.29 is 9.84 Å². The predicted molar refractivity (Wildman–Crippen MR) is 94.7 cm³/mol. The summed E-state index contributed by atoms with van der Waals surface area (Å²) in [7, 11) is 1.51. The van der Waals surface area contributed by atoms with E-state index in [2.05, 4.69) is 20.5 Å². The summed E-state index contributed by atoms with van der Waals surface area (Å²) in [5.74, 6) is 1.11. The number of H-pyrrole nitrogens is 1. The molecule has 1 aromatic heterocycles. The van der Waals surface area contributed by atoms with Crippen LogP contribution in [-0.4, -0.2) is 28.4 Å². The van der Waals surface area contributed by atoms with E-state index in [0.717, 1.165) is 16.6 Å². The lowest BCUT2D eigenvalue weighted by molar-refractivity contribution is 0.371. The summed E-state index contributed by atoms with van der Waals surface area (Å²) < 4.78 is 5.81. The number of aromatic hydroxyl groups is 1. The number of phenols is 1. The molecule has 7 heteroatoms. The SMILES string of the molecule is COc1cc(C=NNc2nc3ccccc3[nH]2)cc(I)c1O. The zero-order chi connectivity index (χ0) is 15.5. The summed E-state index contributed by atoms with van der Waals surface area (Å²) in [4.78, 5) is 7.49. The van der Waals surface area contributed by atoms with Gasteiger partial charge in [0.15, 0.2) is 11.5 Å². The minimum atomic E-state index is 0.130. The zero-order valence-corrected chi connectivity index (χ0v) is 13.8. The van der Waals surface area contributed by atoms with Crippen molar-refractivity contribution in [3.05, 3.63) is 45.5 Å². The van der Waals surface area contributed by atoms with Crippen LogP contribution in [0.1, 0.15) is 5.56 Å². The molecular formula is C15H13IN4O2. The van der Waals surface area contributed by atoms with Gasteiger partial charge in [0.1, 0.15) is 0 Å². The second-order valence-corrected chi connectivity index (χ2v) is 5.69. The van der Waals surface area contributed by atoms with E-state index in [0.29, 0.717) is 15.3 Å². The fourth-order valence-electron chi connectivity index (χ4n) is 2.00. The molecule has 22 heavy (non-hydrogen) atoms. The van der Waals surface area contributed by atoms with E-state index in [1.54, 1.807) is 12.3 Å². The number of phenolic OH excluding ortho intramolecular Hbond substituents is 1. The van der Waals surface area contributed by atoms with Crippen LogP contribution >= 0.6 is 22.6 Å². The van der Waals surface area contributed by atoms with Crippen molar-refractivity contribution in [2.24, 2.45) is 5.10 Å². The number of benzene rings is 2. The number of hydrazone groups is 1. The van der Waals surface area contributed by atoms with Gasteiger partial charge in [-0.2, -0.15) is 5.10 Å². The van der Waals surface area contributed by atoms with E-state index < -0.39 is 0 Å². The topological polar surface area (TPSA) is 82.5 Å². The van der Waals surface area contributed by atoms with Gasteiger partial charge >= 0.3 is 0 Å². The highest BCUT2D eigenvalue weighted by Crippen LogP contribution is 2.31. The molecule has 0 radical (unpaired) electrons. The number of hydrogen-bond acceptors (Lipinski definition) is 5. The summed E-state index contributed by atoms with van der Waals surface area (Å²) in [5, 5.41) is 13.9. The number of methoxy groups -OCH3 is 1. The van der Waals surface area contributed by atoms with Crippen LogP contribution in [0.3, 0.4) is 0 Å². The molecule has 0 amide bonds. The summed E-state index contributed by atoms with van der Waals surface area (Å²) >= 11 is 2.04. The molecule has 0 spiro atoms. The summed E-state index contributed by atoms with van der Waals surface area (Å²) in [6, 6.07) is 11.3. The first kappa shape index (κ1) is 14.6. The predicted octanol–water partition coefficient (Wildman–Crippen LogP) is 3.33. The third kappa shape index (κ3) is 2.98. The highest BCUT2D eigenvalue weighted by molar-refractivity contribution is 14.1. The lowest BCUT2D eigenvalue weighted by Gasteiger charge is -2.06. The van der Waals surface area contributed by atoms with Gasteiger partial charge < -0.3 is 14.8 Å². The first-order valence-corrected chi connectivity index (χ1v) is 7.55. The molecule has 3 N–H and O–H groups in total. The monoisotopic (exact) mass is 408 g/mol. The van der Waals surface area contributed by atoms with Gasteiger partial charge in [-0.1, -0.05) is 12.1 Å². The van der Waals surface area contributed by atoms with Crippen molar-refractivity contribution in [3.8, 4) is 11.5 Å². The minimum absolute atomic E-state index is 0.130. The normalized spacial score (nSPS) is 11.2. The number of fused-ring (bicyclic) bond motifs is 1. The Morgan fingerprint density at radius 2 is 2.18 bits per heavy atom.